The molecule has 2 N–H and O–H groups in total. The number of aliphatic carboxylic acids is 1. The summed E-state index contributed by atoms with van der Waals surface area (Å²) in [4.78, 5) is 39.6. The molecule has 1 aliphatic heterocycles. The summed E-state index contributed by atoms with van der Waals surface area (Å²) in [5.41, 5.74) is 3.47. The molecule has 2 aromatic rings. The summed E-state index contributed by atoms with van der Waals surface area (Å²) < 4.78 is 5.66. The third-order valence-electron chi connectivity index (χ3n) is 7.71. The van der Waals surface area contributed by atoms with E-state index in [0.717, 1.165) is 35.1 Å². The van der Waals surface area contributed by atoms with Gasteiger partial charge < -0.3 is 20.1 Å². The van der Waals surface area contributed by atoms with Crippen molar-refractivity contribution in [3.05, 3.63) is 59.7 Å². The standard InChI is InChI=1S/C27H30N2O5/c1-17-11-14-29(23(15-17)24(30)31)25(32)27(12-6-13-27)28-26(33)34-16-22-20-9-4-2-7-18(20)19-8-3-5-10-21(19)22/h2-5,7-10,17,22-23H,6,11-16H2,1H3,(H,28,33)(H,30,31). The van der Waals surface area contributed by atoms with Crippen molar-refractivity contribution in [2.45, 2.75) is 56.5 Å². The van der Waals surface area contributed by atoms with Crippen LogP contribution in [0.2, 0.25) is 0 Å². The van der Waals surface area contributed by atoms with Gasteiger partial charge >= 0.3 is 12.1 Å². The van der Waals surface area contributed by atoms with Crippen molar-refractivity contribution in [1.29, 1.82) is 0 Å². The SMILES string of the molecule is CC1CCN(C(=O)C2(NC(=O)OCC3c4ccccc4-c4ccccc43)CCC2)C(C(=O)O)C1. The lowest BCUT2D eigenvalue weighted by atomic mass is 9.74. The molecular weight excluding hydrogens is 432 g/mol. The van der Waals surface area contributed by atoms with Crippen molar-refractivity contribution in [2.75, 3.05) is 13.2 Å². The molecule has 1 saturated heterocycles. The number of rotatable bonds is 5. The highest BCUT2D eigenvalue weighted by Crippen LogP contribution is 2.44. The number of benzene rings is 2. The highest BCUT2D eigenvalue weighted by atomic mass is 16.5. The zero-order valence-corrected chi connectivity index (χ0v) is 19.3. The zero-order chi connectivity index (χ0) is 23.9. The van der Waals surface area contributed by atoms with Crippen LogP contribution in [0.5, 0.6) is 0 Å². The highest BCUT2D eigenvalue weighted by Gasteiger charge is 2.51. The molecule has 7 heteroatoms. The largest absolute Gasteiger partial charge is 0.480 e. The smallest absolute Gasteiger partial charge is 0.408 e. The van der Waals surface area contributed by atoms with E-state index in [1.54, 1.807) is 0 Å². The van der Waals surface area contributed by atoms with Gasteiger partial charge in [0.05, 0.1) is 0 Å². The molecule has 1 saturated carbocycles. The van der Waals surface area contributed by atoms with Crippen LogP contribution in [0.1, 0.15) is 56.1 Å². The van der Waals surface area contributed by atoms with Gasteiger partial charge in [-0.05, 0) is 60.3 Å². The number of hydrogen-bond donors (Lipinski definition) is 2. The van der Waals surface area contributed by atoms with Gasteiger partial charge in [-0.2, -0.15) is 0 Å². The number of piperidine rings is 1. The number of carbonyl (C=O) groups excluding carboxylic acids is 2. The third kappa shape index (κ3) is 3.83. The maximum absolute atomic E-state index is 13.4. The summed E-state index contributed by atoms with van der Waals surface area (Å²) >= 11 is 0. The normalized spacial score (nSPS) is 22.8. The molecule has 0 radical (unpaired) electrons. The maximum Gasteiger partial charge on any atom is 0.408 e. The Morgan fingerprint density at radius 3 is 2.24 bits per heavy atom. The Morgan fingerprint density at radius 1 is 1.06 bits per heavy atom. The third-order valence-corrected chi connectivity index (χ3v) is 7.71. The van der Waals surface area contributed by atoms with Crippen molar-refractivity contribution in [1.82, 2.24) is 10.2 Å². The van der Waals surface area contributed by atoms with E-state index in [4.69, 9.17) is 4.74 Å². The molecule has 178 valence electrons. The van der Waals surface area contributed by atoms with Crippen LogP contribution in [0.15, 0.2) is 48.5 Å². The summed E-state index contributed by atoms with van der Waals surface area (Å²) in [6.45, 7) is 2.57. The van der Waals surface area contributed by atoms with E-state index in [2.05, 4.69) is 29.6 Å². The average molecular weight is 463 g/mol. The molecule has 2 atom stereocenters. The van der Waals surface area contributed by atoms with E-state index in [1.165, 1.54) is 4.90 Å². The Balaban J connectivity index is 1.28. The Hall–Kier alpha value is -3.35. The number of carboxylic acids is 1. The molecule has 2 fully saturated rings. The number of likely N-dealkylation sites (tertiary alicyclic amines) is 1. The van der Waals surface area contributed by atoms with Crippen molar-refractivity contribution in [3.63, 3.8) is 0 Å². The molecular formula is C27H30N2O5. The Labute approximate surface area is 199 Å². The van der Waals surface area contributed by atoms with Gasteiger partial charge in [0, 0.05) is 12.5 Å². The second-order valence-corrected chi connectivity index (χ2v) is 9.87. The molecule has 2 aromatic carbocycles. The number of carbonyl (C=O) groups is 3. The molecule has 0 spiro atoms. The summed E-state index contributed by atoms with van der Waals surface area (Å²) in [7, 11) is 0. The topological polar surface area (TPSA) is 95.9 Å². The first-order chi connectivity index (χ1) is 16.4. The summed E-state index contributed by atoms with van der Waals surface area (Å²) in [6.07, 6.45) is 2.35. The Bertz CT molecular complexity index is 1080. The molecule has 2 aliphatic carbocycles. The van der Waals surface area contributed by atoms with E-state index in [0.29, 0.717) is 25.8 Å². The lowest BCUT2D eigenvalue weighted by molar-refractivity contribution is -0.158. The van der Waals surface area contributed by atoms with Crippen LogP contribution in [0.4, 0.5) is 4.79 Å². The molecule has 5 rings (SSSR count). The van der Waals surface area contributed by atoms with Gasteiger partial charge in [-0.1, -0.05) is 55.5 Å². The molecule has 2 unspecified atom stereocenters. The van der Waals surface area contributed by atoms with Crippen molar-refractivity contribution >= 4 is 18.0 Å². The fraction of sp³-hybridized carbons (Fsp3) is 0.444. The number of fused-ring (bicyclic) bond motifs is 3. The Morgan fingerprint density at radius 2 is 1.68 bits per heavy atom. The quantitative estimate of drug-likeness (QED) is 0.696. The predicted octanol–water partition coefficient (Wildman–Crippen LogP) is 4.16. The van der Waals surface area contributed by atoms with Crippen LogP contribution in [-0.4, -0.2) is 52.7 Å². The fourth-order valence-corrected chi connectivity index (χ4v) is 5.65. The maximum atomic E-state index is 13.4. The summed E-state index contributed by atoms with van der Waals surface area (Å²) in [5.74, 6) is -1.11. The monoisotopic (exact) mass is 462 g/mol. The first-order valence-electron chi connectivity index (χ1n) is 12.1. The number of ether oxygens (including phenoxy) is 1. The van der Waals surface area contributed by atoms with Crippen LogP contribution >= 0.6 is 0 Å². The van der Waals surface area contributed by atoms with Crippen LogP contribution in [0, 0.1) is 5.92 Å². The average Bonchev–Trinajstić information content (AvgIpc) is 3.13. The van der Waals surface area contributed by atoms with E-state index < -0.39 is 23.6 Å². The second-order valence-electron chi connectivity index (χ2n) is 9.87. The second kappa shape index (κ2) is 8.78. The van der Waals surface area contributed by atoms with Crippen LogP contribution in [-0.2, 0) is 14.3 Å². The van der Waals surface area contributed by atoms with Gasteiger partial charge in [-0.15, -0.1) is 0 Å². The first kappa shape index (κ1) is 22.4. The van der Waals surface area contributed by atoms with Crippen molar-refractivity contribution in [2.24, 2.45) is 5.92 Å². The van der Waals surface area contributed by atoms with Crippen LogP contribution in [0.25, 0.3) is 11.1 Å². The van der Waals surface area contributed by atoms with Gasteiger partial charge in [0.2, 0.25) is 5.91 Å². The number of nitrogens with zero attached hydrogens (tertiary/aromatic N) is 1. The zero-order valence-electron chi connectivity index (χ0n) is 19.3. The minimum atomic E-state index is -1.07. The van der Waals surface area contributed by atoms with Gasteiger partial charge in [-0.3, -0.25) is 4.79 Å². The van der Waals surface area contributed by atoms with Gasteiger partial charge in [0.25, 0.3) is 0 Å². The lowest BCUT2D eigenvalue weighted by Gasteiger charge is -2.46. The molecule has 2 amide bonds. The number of nitrogens with one attached hydrogen (secondary N) is 1. The van der Waals surface area contributed by atoms with Crippen molar-refractivity contribution < 1.29 is 24.2 Å². The Kier molecular flexibility index (Phi) is 5.80. The molecule has 0 aromatic heterocycles. The van der Waals surface area contributed by atoms with Crippen LogP contribution < -0.4 is 5.32 Å². The minimum absolute atomic E-state index is 0.0637. The minimum Gasteiger partial charge on any atom is -0.480 e. The number of amides is 2. The first-order valence-corrected chi connectivity index (χ1v) is 12.1. The molecule has 34 heavy (non-hydrogen) atoms. The van der Waals surface area contributed by atoms with E-state index in [9.17, 15) is 19.5 Å². The van der Waals surface area contributed by atoms with Gasteiger partial charge in [0.15, 0.2) is 0 Å². The van der Waals surface area contributed by atoms with Gasteiger partial charge in [0.1, 0.15) is 18.2 Å². The van der Waals surface area contributed by atoms with E-state index in [-0.39, 0.29) is 24.3 Å². The molecule has 1 heterocycles. The molecule has 0 bridgehead atoms. The predicted molar refractivity (Wildman–Crippen MR) is 126 cm³/mol. The van der Waals surface area contributed by atoms with Crippen LogP contribution in [0.3, 0.4) is 0 Å². The summed E-state index contributed by atoms with van der Waals surface area (Å²) in [6, 6.07) is 15.4. The number of hydrogen-bond acceptors (Lipinski definition) is 4. The lowest BCUT2D eigenvalue weighted by Crippen LogP contribution is -2.66. The van der Waals surface area contributed by atoms with Gasteiger partial charge in [-0.25, -0.2) is 9.59 Å². The van der Waals surface area contributed by atoms with E-state index in [1.807, 2.05) is 31.2 Å². The van der Waals surface area contributed by atoms with Crippen molar-refractivity contribution in [3.8, 4) is 11.1 Å². The number of carboxylic acid groups (broad SMARTS) is 1. The molecule has 3 aliphatic rings. The summed E-state index contributed by atoms with van der Waals surface area (Å²) in [5, 5.41) is 12.5. The molecule has 7 nitrogen and oxygen atoms in total. The highest BCUT2D eigenvalue weighted by molar-refractivity contribution is 5.93. The fourth-order valence-electron chi connectivity index (χ4n) is 5.65. The number of alkyl carbamates (subject to hydrolysis) is 1. The van der Waals surface area contributed by atoms with E-state index >= 15 is 0 Å².